The smallest absolute Gasteiger partial charge is 0.244 e. The van der Waals surface area contributed by atoms with Gasteiger partial charge in [-0.15, -0.1) is 0 Å². The zero-order chi connectivity index (χ0) is 14.5. The lowest BCUT2D eigenvalue weighted by Gasteiger charge is -2.25. The summed E-state index contributed by atoms with van der Waals surface area (Å²) in [6.45, 7) is 0.799. The van der Waals surface area contributed by atoms with E-state index in [1.165, 1.54) is 19.1 Å². The molecule has 6 heteroatoms. The van der Waals surface area contributed by atoms with Crippen LogP contribution in [0.2, 0.25) is 10.0 Å². The predicted molar refractivity (Wildman–Crippen MR) is 76.2 cm³/mol. The molecule has 0 bridgehead atoms. The number of aliphatic hydroxyl groups excluding tert-OH is 2. The molecule has 0 aliphatic carbocycles. The minimum absolute atomic E-state index is 0.365. The molecule has 0 unspecified atom stereocenters. The molecule has 0 heterocycles. The average Bonchev–Trinajstić information content (AvgIpc) is 2.38. The number of aliphatic hydroxyl groups is 2. The Morgan fingerprint density at radius 2 is 1.84 bits per heavy atom. The van der Waals surface area contributed by atoms with Crippen molar-refractivity contribution in [3.63, 3.8) is 0 Å². The van der Waals surface area contributed by atoms with Crippen LogP contribution in [0.25, 0.3) is 6.08 Å². The van der Waals surface area contributed by atoms with E-state index in [2.05, 4.69) is 5.32 Å². The topological polar surface area (TPSA) is 69.6 Å². The van der Waals surface area contributed by atoms with E-state index >= 15 is 0 Å². The number of hydrogen-bond donors (Lipinski definition) is 3. The summed E-state index contributed by atoms with van der Waals surface area (Å²) < 4.78 is 0. The van der Waals surface area contributed by atoms with Gasteiger partial charge in [0.1, 0.15) is 0 Å². The van der Waals surface area contributed by atoms with Crippen LogP contribution in [-0.2, 0) is 4.79 Å². The second-order valence-electron chi connectivity index (χ2n) is 4.33. The number of amides is 1. The van der Waals surface area contributed by atoms with E-state index in [1.807, 2.05) is 0 Å². The second-order valence-corrected chi connectivity index (χ2v) is 5.15. The van der Waals surface area contributed by atoms with Crippen LogP contribution in [0.3, 0.4) is 0 Å². The number of rotatable bonds is 5. The van der Waals surface area contributed by atoms with E-state index < -0.39 is 11.4 Å². The standard InChI is InChI=1S/C13H15Cl2NO3/c1-13(7-17,8-18)16-12(19)6-5-9-10(14)3-2-4-11(9)15/h2-6,17-18H,7-8H2,1H3,(H,16,19)/b6-5+. The number of carbonyl (C=O) groups excluding carboxylic acids is 1. The van der Waals surface area contributed by atoms with Crippen LogP contribution in [0.4, 0.5) is 0 Å². The molecule has 0 saturated carbocycles. The Morgan fingerprint density at radius 1 is 1.32 bits per heavy atom. The van der Waals surface area contributed by atoms with Crippen molar-refractivity contribution in [2.75, 3.05) is 13.2 Å². The van der Waals surface area contributed by atoms with Crippen LogP contribution < -0.4 is 5.32 Å². The summed E-state index contributed by atoms with van der Waals surface area (Å²) in [5.41, 5.74) is -0.526. The fraction of sp³-hybridized carbons (Fsp3) is 0.308. The van der Waals surface area contributed by atoms with Crippen molar-refractivity contribution in [3.05, 3.63) is 39.9 Å². The summed E-state index contributed by atoms with van der Waals surface area (Å²) in [6.07, 6.45) is 2.73. The van der Waals surface area contributed by atoms with Gasteiger partial charge in [0.05, 0.1) is 18.8 Å². The van der Waals surface area contributed by atoms with Gasteiger partial charge >= 0.3 is 0 Å². The van der Waals surface area contributed by atoms with Gasteiger partial charge in [-0.2, -0.15) is 0 Å². The molecule has 1 amide bonds. The van der Waals surface area contributed by atoms with Gasteiger partial charge in [0, 0.05) is 21.7 Å². The number of benzene rings is 1. The van der Waals surface area contributed by atoms with Gasteiger partial charge in [-0.1, -0.05) is 29.3 Å². The largest absolute Gasteiger partial charge is 0.394 e. The van der Waals surface area contributed by atoms with E-state index in [1.54, 1.807) is 18.2 Å². The molecule has 0 aromatic heterocycles. The van der Waals surface area contributed by atoms with Crippen molar-refractivity contribution in [1.29, 1.82) is 0 Å². The van der Waals surface area contributed by atoms with Gasteiger partial charge in [0.25, 0.3) is 0 Å². The Morgan fingerprint density at radius 3 is 2.32 bits per heavy atom. The lowest BCUT2D eigenvalue weighted by molar-refractivity contribution is -0.119. The number of nitrogens with one attached hydrogen (secondary N) is 1. The summed E-state index contributed by atoms with van der Waals surface area (Å²) in [7, 11) is 0. The molecule has 0 radical (unpaired) electrons. The molecule has 0 saturated heterocycles. The molecule has 0 aliphatic heterocycles. The van der Waals surface area contributed by atoms with Crippen molar-refractivity contribution in [3.8, 4) is 0 Å². The molecule has 104 valence electrons. The quantitative estimate of drug-likeness (QED) is 0.727. The fourth-order valence-corrected chi connectivity index (χ4v) is 1.82. The van der Waals surface area contributed by atoms with Crippen LogP contribution in [0, 0.1) is 0 Å². The molecule has 1 aromatic rings. The molecular weight excluding hydrogens is 289 g/mol. The Balaban J connectivity index is 2.80. The zero-order valence-corrected chi connectivity index (χ0v) is 11.9. The van der Waals surface area contributed by atoms with Crippen LogP contribution in [0.1, 0.15) is 12.5 Å². The first-order valence-corrected chi connectivity index (χ1v) is 6.33. The van der Waals surface area contributed by atoms with E-state index in [9.17, 15) is 4.79 Å². The van der Waals surface area contributed by atoms with E-state index in [0.717, 1.165) is 0 Å². The van der Waals surface area contributed by atoms with Crippen molar-refractivity contribution < 1.29 is 15.0 Å². The van der Waals surface area contributed by atoms with Crippen LogP contribution in [0.5, 0.6) is 0 Å². The monoisotopic (exact) mass is 303 g/mol. The molecule has 0 atom stereocenters. The van der Waals surface area contributed by atoms with Gasteiger partial charge in [0.2, 0.25) is 5.91 Å². The molecular formula is C13H15Cl2NO3. The van der Waals surface area contributed by atoms with E-state index in [-0.39, 0.29) is 13.2 Å². The maximum atomic E-state index is 11.7. The second kappa shape index (κ2) is 6.91. The lowest BCUT2D eigenvalue weighted by atomic mass is 10.1. The number of halogens is 2. The van der Waals surface area contributed by atoms with Crippen LogP contribution >= 0.6 is 23.2 Å². The van der Waals surface area contributed by atoms with Crippen molar-refractivity contribution in [2.24, 2.45) is 0 Å². The first-order valence-electron chi connectivity index (χ1n) is 5.58. The average molecular weight is 304 g/mol. The summed E-state index contributed by atoms with van der Waals surface area (Å²) in [5, 5.41) is 21.5. The highest BCUT2D eigenvalue weighted by Crippen LogP contribution is 2.25. The Bertz CT molecular complexity index is 465. The van der Waals surface area contributed by atoms with E-state index in [0.29, 0.717) is 15.6 Å². The van der Waals surface area contributed by atoms with Crippen molar-refractivity contribution >= 4 is 35.2 Å². The van der Waals surface area contributed by atoms with Crippen LogP contribution in [-0.4, -0.2) is 34.9 Å². The molecule has 1 rings (SSSR count). The Labute approximate surface area is 121 Å². The predicted octanol–water partition coefficient (Wildman–Crippen LogP) is 1.87. The molecule has 3 N–H and O–H groups in total. The van der Waals surface area contributed by atoms with Gasteiger partial charge in [-0.25, -0.2) is 0 Å². The Hall–Kier alpha value is -1.07. The third-order valence-corrected chi connectivity index (χ3v) is 3.18. The summed E-state index contributed by atoms with van der Waals surface area (Å²) in [4.78, 5) is 11.7. The maximum absolute atomic E-state index is 11.7. The van der Waals surface area contributed by atoms with Crippen LogP contribution in [0.15, 0.2) is 24.3 Å². The molecule has 1 aromatic carbocycles. The third kappa shape index (κ3) is 4.51. The molecule has 0 spiro atoms. The summed E-state index contributed by atoms with van der Waals surface area (Å²) in [6, 6.07) is 5.03. The first kappa shape index (κ1) is 16.0. The third-order valence-electron chi connectivity index (χ3n) is 2.52. The van der Waals surface area contributed by atoms with Gasteiger partial charge in [-0.05, 0) is 25.1 Å². The highest BCUT2D eigenvalue weighted by atomic mass is 35.5. The fourth-order valence-electron chi connectivity index (χ4n) is 1.30. The minimum Gasteiger partial charge on any atom is -0.394 e. The number of carbonyl (C=O) groups is 1. The normalized spacial score (nSPS) is 11.8. The van der Waals surface area contributed by atoms with Crippen molar-refractivity contribution in [2.45, 2.75) is 12.5 Å². The minimum atomic E-state index is -1.06. The SMILES string of the molecule is CC(CO)(CO)NC(=O)/C=C/c1c(Cl)cccc1Cl. The molecule has 4 nitrogen and oxygen atoms in total. The first-order chi connectivity index (χ1) is 8.91. The maximum Gasteiger partial charge on any atom is 0.244 e. The highest BCUT2D eigenvalue weighted by molar-refractivity contribution is 6.37. The zero-order valence-electron chi connectivity index (χ0n) is 10.4. The summed E-state index contributed by atoms with van der Waals surface area (Å²) in [5.74, 6) is -0.457. The molecule has 19 heavy (non-hydrogen) atoms. The van der Waals surface area contributed by atoms with Gasteiger partial charge < -0.3 is 15.5 Å². The molecule has 0 fully saturated rings. The highest BCUT2D eigenvalue weighted by Gasteiger charge is 2.23. The Kier molecular flexibility index (Phi) is 5.82. The van der Waals surface area contributed by atoms with Gasteiger partial charge in [0.15, 0.2) is 0 Å². The number of hydrogen-bond acceptors (Lipinski definition) is 3. The molecule has 0 aliphatic rings. The van der Waals surface area contributed by atoms with E-state index in [4.69, 9.17) is 33.4 Å². The summed E-state index contributed by atoms with van der Waals surface area (Å²) >= 11 is 11.9. The van der Waals surface area contributed by atoms with Crippen molar-refractivity contribution in [1.82, 2.24) is 5.32 Å². The lowest BCUT2D eigenvalue weighted by Crippen LogP contribution is -2.51. The van der Waals surface area contributed by atoms with Gasteiger partial charge in [-0.3, -0.25) is 4.79 Å².